The Labute approximate surface area is 217 Å². The Hall–Kier alpha value is -4.84. The lowest BCUT2D eigenvalue weighted by Gasteiger charge is -2.10. The number of nitrogens with zero attached hydrogens (tertiary/aromatic N) is 3. The summed E-state index contributed by atoms with van der Waals surface area (Å²) in [6.07, 6.45) is 0. The average Bonchev–Trinajstić information content (AvgIpc) is 3.45. The van der Waals surface area contributed by atoms with Gasteiger partial charge in [-0.2, -0.15) is 18.2 Å². The van der Waals surface area contributed by atoms with Crippen molar-refractivity contribution in [3.05, 3.63) is 78.4 Å². The summed E-state index contributed by atoms with van der Waals surface area (Å²) >= 11 is 0. The van der Waals surface area contributed by atoms with Gasteiger partial charge >= 0.3 is 0 Å². The molecule has 0 atom stereocenters. The van der Waals surface area contributed by atoms with Crippen LogP contribution in [-0.2, 0) is 10.0 Å². The average molecular weight is 535 g/mol. The second kappa shape index (κ2) is 10.3. The minimum atomic E-state index is -4.19. The molecule has 0 aliphatic carbocycles. The highest BCUT2D eigenvalue weighted by Crippen LogP contribution is 2.28. The molecule has 38 heavy (non-hydrogen) atoms. The number of rotatable bonds is 8. The Balaban J connectivity index is 1.59. The molecule has 0 aliphatic rings. The lowest BCUT2D eigenvalue weighted by molar-refractivity contribution is 0.392. The number of hydrogen-bond acceptors (Lipinski definition) is 10. The number of fused-ring (bicyclic) bond motifs is 1. The second-order valence-corrected chi connectivity index (χ2v) is 9.51. The number of benzene rings is 3. The normalized spacial score (nSPS) is 11.9. The Morgan fingerprint density at radius 3 is 2.34 bits per heavy atom. The minimum Gasteiger partial charge on any atom is -0.497 e. The van der Waals surface area contributed by atoms with Crippen LogP contribution in [0.15, 0.2) is 91.7 Å². The lowest BCUT2D eigenvalue weighted by atomic mass is 10.2. The fourth-order valence-corrected chi connectivity index (χ4v) is 4.63. The molecular formula is C26H22N4O7S. The molecule has 2 aromatic heterocycles. The van der Waals surface area contributed by atoms with Gasteiger partial charge in [-0.1, -0.05) is 23.4 Å². The summed E-state index contributed by atoms with van der Waals surface area (Å²) in [6, 6.07) is 20.4. The fourth-order valence-electron chi connectivity index (χ4n) is 3.64. The van der Waals surface area contributed by atoms with Crippen LogP contribution in [0.3, 0.4) is 0 Å². The first-order chi connectivity index (χ1) is 18.4. The topological polar surface area (TPSA) is 138 Å². The Morgan fingerprint density at radius 2 is 1.61 bits per heavy atom. The highest BCUT2D eigenvalue weighted by Gasteiger charge is 2.21. The van der Waals surface area contributed by atoms with Gasteiger partial charge in [0, 0.05) is 17.0 Å². The number of ether oxygens (including phenoxy) is 3. The van der Waals surface area contributed by atoms with E-state index >= 15 is 0 Å². The van der Waals surface area contributed by atoms with Crippen LogP contribution in [0.4, 0.5) is 0 Å². The van der Waals surface area contributed by atoms with Gasteiger partial charge in [-0.25, -0.2) is 0 Å². The first kappa shape index (κ1) is 24.8. The van der Waals surface area contributed by atoms with E-state index < -0.39 is 10.0 Å². The maximum absolute atomic E-state index is 13.2. The molecule has 2 heterocycles. The third-order valence-electron chi connectivity index (χ3n) is 5.59. The maximum atomic E-state index is 13.2. The van der Waals surface area contributed by atoms with E-state index in [2.05, 4.69) is 20.1 Å². The fraction of sp³-hybridized carbons (Fsp3) is 0.115. The van der Waals surface area contributed by atoms with Crippen molar-refractivity contribution in [3.63, 3.8) is 0 Å². The van der Waals surface area contributed by atoms with Gasteiger partial charge in [0.25, 0.3) is 15.9 Å². The standard InChI is InChI=1S/C26H22N4O7S/c1-33-18-10-8-16(9-11-18)24-27-25(37-29-24)20-14-17-6-4-5-7-21(17)36-26(20)28-30-38(31,32)23-15-19(34-2)12-13-22(23)35-3/h4-15,30H,1-3H3. The molecule has 5 rings (SSSR count). The van der Waals surface area contributed by atoms with Crippen molar-refractivity contribution in [2.45, 2.75) is 4.90 Å². The van der Waals surface area contributed by atoms with Crippen LogP contribution >= 0.6 is 0 Å². The summed E-state index contributed by atoms with van der Waals surface area (Å²) in [5.41, 5.74) is 1.38. The van der Waals surface area contributed by atoms with Crippen molar-refractivity contribution in [1.82, 2.24) is 15.0 Å². The van der Waals surface area contributed by atoms with Crippen LogP contribution in [0, 0.1) is 0 Å². The molecule has 0 bridgehead atoms. The zero-order valence-corrected chi connectivity index (χ0v) is 21.4. The second-order valence-electron chi connectivity index (χ2n) is 7.88. The molecule has 0 spiro atoms. The van der Waals surface area contributed by atoms with Crippen LogP contribution in [0.5, 0.6) is 17.2 Å². The SMILES string of the molecule is COc1ccc(-c2noc(-c3cc4ccccc4oc3=NNS(=O)(=O)c3cc(OC)ccc3OC)n2)cc1. The number of nitrogens with one attached hydrogen (secondary N) is 1. The molecule has 0 fully saturated rings. The number of methoxy groups -OCH3 is 3. The number of sulfonamides is 1. The monoisotopic (exact) mass is 534 g/mol. The Bertz CT molecular complexity index is 1780. The highest BCUT2D eigenvalue weighted by molar-refractivity contribution is 7.89. The number of hydrogen-bond donors (Lipinski definition) is 1. The first-order valence-electron chi connectivity index (χ1n) is 11.2. The van der Waals surface area contributed by atoms with Crippen molar-refractivity contribution in [3.8, 4) is 40.1 Å². The smallest absolute Gasteiger partial charge is 0.280 e. The predicted molar refractivity (Wildman–Crippen MR) is 137 cm³/mol. The van der Waals surface area contributed by atoms with Gasteiger partial charge in [-0.3, -0.25) is 0 Å². The third-order valence-corrected chi connectivity index (χ3v) is 6.82. The molecule has 1 N–H and O–H groups in total. The Morgan fingerprint density at radius 1 is 0.868 bits per heavy atom. The van der Waals surface area contributed by atoms with Gasteiger partial charge in [0.05, 0.1) is 21.3 Å². The van der Waals surface area contributed by atoms with E-state index in [4.69, 9.17) is 23.2 Å². The highest BCUT2D eigenvalue weighted by atomic mass is 32.2. The van der Waals surface area contributed by atoms with E-state index in [-0.39, 0.29) is 27.7 Å². The minimum absolute atomic E-state index is 0.0842. The number of aromatic nitrogens is 2. The van der Waals surface area contributed by atoms with Crippen molar-refractivity contribution in [2.24, 2.45) is 5.10 Å². The van der Waals surface area contributed by atoms with Crippen molar-refractivity contribution < 1.29 is 31.6 Å². The van der Waals surface area contributed by atoms with Crippen LogP contribution in [0.2, 0.25) is 0 Å². The van der Waals surface area contributed by atoms with Gasteiger partial charge in [0.15, 0.2) is 0 Å². The van der Waals surface area contributed by atoms with Gasteiger partial charge in [-0.05, 0) is 48.5 Å². The largest absolute Gasteiger partial charge is 0.497 e. The van der Waals surface area contributed by atoms with Crippen LogP contribution in [-0.4, -0.2) is 39.9 Å². The molecule has 0 radical (unpaired) electrons. The first-order valence-corrected chi connectivity index (χ1v) is 12.7. The molecule has 0 unspecified atom stereocenters. The molecular weight excluding hydrogens is 512 g/mol. The van der Waals surface area contributed by atoms with Crippen molar-refractivity contribution in [1.29, 1.82) is 0 Å². The summed E-state index contributed by atoms with van der Waals surface area (Å²) in [7, 11) is 0.184. The molecule has 11 nitrogen and oxygen atoms in total. The van der Waals surface area contributed by atoms with Crippen LogP contribution < -0.4 is 24.6 Å². The van der Waals surface area contributed by atoms with Crippen molar-refractivity contribution >= 4 is 21.0 Å². The van der Waals surface area contributed by atoms with Crippen LogP contribution in [0.1, 0.15) is 0 Å². The quantitative estimate of drug-likeness (QED) is 0.293. The van der Waals surface area contributed by atoms with Gasteiger partial charge < -0.3 is 23.2 Å². The molecule has 0 saturated heterocycles. The lowest BCUT2D eigenvalue weighted by Crippen LogP contribution is -2.23. The summed E-state index contributed by atoms with van der Waals surface area (Å²) in [6.45, 7) is 0. The molecule has 12 heteroatoms. The van der Waals surface area contributed by atoms with E-state index in [1.54, 1.807) is 55.6 Å². The van der Waals surface area contributed by atoms with E-state index in [0.29, 0.717) is 28.5 Å². The summed E-state index contributed by atoms with van der Waals surface area (Å²) in [4.78, 5) is 6.52. The van der Waals surface area contributed by atoms with Gasteiger partial charge in [0.2, 0.25) is 11.4 Å². The van der Waals surface area contributed by atoms with E-state index in [9.17, 15) is 8.42 Å². The molecule has 0 amide bonds. The number of para-hydroxylation sites is 1. The molecule has 0 saturated carbocycles. The maximum Gasteiger partial charge on any atom is 0.280 e. The van der Waals surface area contributed by atoms with E-state index in [1.165, 1.54) is 26.4 Å². The van der Waals surface area contributed by atoms with Crippen LogP contribution in [0.25, 0.3) is 33.8 Å². The van der Waals surface area contributed by atoms with E-state index in [1.807, 2.05) is 12.1 Å². The summed E-state index contributed by atoms with van der Waals surface area (Å²) < 4.78 is 53.3. The van der Waals surface area contributed by atoms with Gasteiger partial charge in [-0.15, -0.1) is 5.10 Å². The van der Waals surface area contributed by atoms with Gasteiger partial charge in [0.1, 0.15) is 33.3 Å². The zero-order valence-electron chi connectivity index (χ0n) is 20.5. The van der Waals surface area contributed by atoms with E-state index in [0.717, 1.165) is 5.39 Å². The Kier molecular flexibility index (Phi) is 6.71. The summed E-state index contributed by atoms with van der Waals surface area (Å²) in [5.74, 6) is 1.54. The molecule has 194 valence electrons. The molecule has 0 aliphatic heterocycles. The predicted octanol–water partition coefficient (Wildman–Crippen LogP) is 3.97. The molecule has 5 aromatic rings. The molecule has 3 aromatic carbocycles. The third kappa shape index (κ3) is 4.89. The van der Waals surface area contributed by atoms with Crippen molar-refractivity contribution in [2.75, 3.05) is 21.3 Å². The summed E-state index contributed by atoms with van der Waals surface area (Å²) in [5, 5.41) is 8.85. The zero-order chi connectivity index (χ0) is 26.7.